The Morgan fingerprint density at radius 2 is 1.68 bits per heavy atom. The van der Waals surface area contributed by atoms with Gasteiger partial charge < -0.3 is 4.74 Å². The standard InChI is InChI=1S/C19H21FO2/c1-19(2,3)17(15-6-5-7-16(20)12-15)13-8-10-14(11-9-13)18(21)22-4/h5-12,17H,1-4H3. The fraction of sp³-hybridized carbons (Fsp3) is 0.316. The summed E-state index contributed by atoms with van der Waals surface area (Å²) in [6, 6.07) is 14.0. The molecule has 0 aliphatic rings. The second-order valence-corrected chi connectivity index (χ2v) is 6.47. The lowest BCUT2D eigenvalue weighted by molar-refractivity contribution is 0.0600. The highest BCUT2D eigenvalue weighted by Gasteiger charge is 2.28. The van der Waals surface area contributed by atoms with E-state index >= 15 is 0 Å². The molecule has 0 radical (unpaired) electrons. The van der Waals surface area contributed by atoms with Gasteiger partial charge in [-0.1, -0.05) is 45.0 Å². The molecule has 0 aliphatic carbocycles. The molecule has 0 fully saturated rings. The van der Waals surface area contributed by atoms with E-state index < -0.39 is 0 Å². The van der Waals surface area contributed by atoms with E-state index in [2.05, 4.69) is 20.8 Å². The lowest BCUT2D eigenvalue weighted by Gasteiger charge is -2.32. The number of esters is 1. The van der Waals surface area contributed by atoms with Gasteiger partial charge in [0.25, 0.3) is 0 Å². The van der Waals surface area contributed by atoms with Crippen LogP contribution in [0, 0.1) is 11.2 Å². The van der Waals surface area contributed by atoms with Crippen molar-refractivity contribution >= 4 is 5.97 Å². The van der Waals surface area contributed by atoms with Crippen LogP contribution in [-0.4, -0.2) is 13.1 Å². The highest BCUT2D eigenvalue weighted by atomic mass is 19.1. The minimum atomic E-state index is -0.357. The Morgan fingerprint density at radius 3 is 2.18 bits per heavy atom. The van der Waals surface area contributed by atoms with E-state index in [0.29, 0.717) is 5.56 Å². The SMILES string of the molecule is COC(=O)c1ccc(C(c2cccc(F)c2)C(C)(C)C)cc1. The molecule has 0 spiro atoms. The lowest BCUT2D eigenvalue weighted by atomic mass is 9.72. The topological polar surface area (TPSA) is 26.3 Å². The molecular formula is C19H21FO2. The van der Waals surface area contributed by atoms with Gasteiger partial charge in [0.15, 0.2) is 0 Å². The van der Waals surface area contributed by atoms with Crippen molar-refractivity contribution in [2.45, 2.75) is 26.7 Å². The maximum atomic E-state index is 13.6. The summed E-state index contributed by atoms with van der Waals surface area (Å²) in [6.45, 7) is 6.37. The van der Waals surface area contributed by atoms with Gasteiger partial charge in [0.1, 0.15) is 5.82 Å². The number of hydrogen-bond donors (Lipinski definition) is 0. The molecule has 0 saturated heterocycles. The van der Waals surface area contributed by atoms with Gasteiger partial charge in [-0.05, 0) is 40.8 Å². The molecule has 0 aromatic heterocycles. The minimum Gasteiger partial charge on any atom is -0.465 e. The van der Waals surface area contributed by atoms with Crippen molar-refractivity contribution < 1.29 is 13.9 Å². The summed E-state index contributed by atoms with van der Waals surface area (Å²) < 4.78 is 18.3. The van der Waals surface area contributed by atoms with E-state index in [4.69, 9.17) is 4.74 Å². The van der Waals surface area contributed by atoms with Crippen LogP contribution in [0.4, 0.5) is 4.39 Å². The van der Waals surface area contributed by atoms with Crippen LogP contribution in [0.15, 0.2) is 48.5 Å². The number of benzene rings is 2. The maximum absolute atomic E-state index is 13.6. The van der Waals surface area contributed by atoms with Crippen LogP contribution in [0.3, 0.4) is 0 Å². The molecule has 2 nitrogen and oxygen atoms in total. The number of rotatable bonds is 3. The summed E-state index contributed by atoms with van der Waals surface area (Å²) in [5, 5.41) is 0. The summed E-state index contributed by atoms with van der Waals surface area (Å²) in [4.78, 5) is 11.5. The fourth-order valence-electron chi connectivity index (χ4n) is 2.81. The Labute approximate surface area is 130 Å². The monoisotopic (exact) mass is 300 g/mol. The highest BCUT2D eigenvalue weighted by molar-refractivity contribution is 5.89. The predicted molar refractivity (Wildman–Crippen MR) is 85.5 cm³/mol. The molecule has 22 heavy (non-hydrogen) atoms. The first-order valence-electron chi connectivity index (χ1n) is 7.26. The molecule has 2 aromatic carbocycles. The summed E-state index contributed by atoms with van der Waals surface area (Å²) >= 11 is 0. The van der Waals surface area contributed by atoms with E-state index in [1.807, 2.05) is 18.2 Å². The van der Waals surface area contributed by atoms with Crippen LogP contribution in [0.25, 0.3) is 0 Å². The second kappa shape index (κ2) is 6.30. The summed E-state index contributed by atoms with van der Waals surface area (Å²) in [7, 11) is 1.36. The zero-order chi connectivity index (χ0) is 16.3. The van der Waals surface area contributed by atoms with Crippen LogP contribution < -0.4 is 0 Å². The number of methoxy groups -OCH3 is 1. The van der Waals surface area contributed by atoms with Crippen molar-refractivity contribution in [2.24, 2.45) is 5.41 Å². The van der Waals surface area contributed by atoms with Gasteiger partial charge >= 0.3 is 5.97 Å². The van der Waals surface area contributed by atoms with Crippen LogP contribution in [0.2, 0.25) is 0 Å². The molecule has 2 aromatic rings. The first kappa shape index (κ1) is 16.2. The summed E-state index contributed by atoms with van der Waals surface area (Å²) in [5.74, 6) is -0.558. The molecule has 2 rings (SSSR count). The van der Waals surface area contributed by atoms with Crippen LogP contribution in [0.5, 0.6) is 0 Å². The van der Waals surface area contributed by atoms with Crippen LogP contribution in [-0.2, 0) is 4.74 Å². The van der Waals surface area contributed by atoms with Gasteiger partial charge in [0, 0.05) is 5.92 Å². The van der Waals surface area contributed by atoms with E-state index in [1.165, 1.54) is 13.2 Å². The number of halogens is 1. The third-order valence-electron chi connectivity index (χ3n) is 3.71. The normalized spacial score (nSPS) is 12.8. The van der Waals surface area contributed by atoms with Crippen molar-refractivity contribution in [1.82, 2.24) is 0 Å². The molecule has 1 atom stereocenters. The van der Waals surface area contributed by atoms with E-state index in [9.17, 15) is 9.18 Å². The molecule has 0 bridgehead atoms. The van der Waals surface area contributed by atoms with Crippen molar-refractivity contribution in [3.05, 3.63) is 71.0 Å². The van der Waals surface area contributed by atoms with Gasteiger partial charge in [-0.2, -0.15) is 0 Å². The van der Waals surface area contributed by atoms with E-state index in [0.717, 1.165) is 11.1 Å². The van der Waals surface area contributed by atoms with Gasteiger partial charge in [-0.15, -0.1) is 0 Å². The lowest BCUT2D eigenvalue weighted by Crippen LogP contribution is -2.20. The second-order valence-electron chi connectivity index (χ2n) is 6.47. The molecule has 0 amide bonds. The molecule has 116 valence electrons. The van der Waals surface area contributed by atoms with Crippen molar-refractivity contribution in [3.8, 4) is 0 Å². The zero-order valence-corrected chi connectivity index (χ0v) is 13.4. The molecular weight excluding hydrogens is 279 g/mol. The Hall–Kier alpha value is -2.16. The van der Waals surface area contributed by atoms with Gasteiger partial charge in [0.2, 0.25) is 0 Å². The highest BCUT2D eigenvalue weighted by Crippen LogP contribution is 2.40. The van der Waals surface area contributed by atoms with Crippen molar-refractivity contribution in [3.63, 3.8) is 0 Å². The van der Waals surface area contributed by atoms with Gasteiger partial charge in [-0.25, -0.2) is 9.18 Å². The predicted octanol–water partition coefficient (Wildman–Crippen LogP) is 4.79. The van der Waals surface area contributed by atoms with Gasteiger partial charge in [-0.3, -0.25) is 0 Å². The molecule has 0 heterocycles. The first-order valence-corrected chi connectivity index (χ1v) is 7.26. The fourth-order valence-corrected chi connectivity index (χ4v) is 2.81. The maximum Gasteiger partial charge on any atom is 0.337 e. The van der Waals surface area contributed by atoms with Crippen LogP contribution >= 0.6 is 0 Å². The summed E-state index contributed by atoms with van der Waals surface area (Å²) in [6.07, 6.45) is 0. The Bertz CT molecular complexity index is 654. The molecule has 0 N–H and O–H groups in total. The Kier molecular flexibility index (Phi) is 4.65. The molecule has 1 unspecified atom stereocenters. The Morgan fingerprint density at radius 1 is 1.05 bits per heavy atom. The average molecular weight is 300 g/mol. The third kappa shape index (κ3) is 3.53. The molecule has 0 aliphatic heterocycles. The van der Waals surface area contributed by atoms with Crippen LogP contribution in [0.1, 0.15) is 48.2 Å². The number of carbonyl (C=O) groups is 1. The van der Waals surface area contributed by atoms with Crippen molar-refractivity contribution in [2.75, 3.05) is 7.11 Å². The van der Waals surface area contributed by atoms with Gasteiger partial charge in [0.05, 0.1) is 12.7 Å². The number of hydrogen-bond acceptors (Lipinski definition) is 2. The molecule has 0 saturated carbocycles. The van der Waals surface area contributed by atoms with E-state index in [1.54, 1.807) is 24.3 Å². The third-order valence-corrected chi connectivity index (χ3v) is 3.71. The Balaban J connectivity index is 2.45. The van der Waals surface area contributed by atoms with E-state index in [-0.39, 0.29) is 23.1 Å². The number of ether oxygens (including phenoxy) is 1. The largest absolute Gasteiger partial charge is 0.465 e. The average Bonchev–Trinajstić information content (AvgIpc) is 2.46. The minimum absolute atomic E-state index is 0.0369. The van der Waals surface area contributed by atoms with Crippen molar-refractivity contribution in [1.29, 1.82) is 0 Å². The summed E-state index contributed by atoms with van der Waals surface area (Å²) in [5.41, 5.74) is 2.41. The smallest absolute Gasteiger partial charge is 0.337 e. The first-order chi connectivity index (χ1) is 10.3. The quantitative estimate of drug-likeness (QED) is 0.762. The number of carbonyl (C=O) groups excluding carboxylic acids is 1. The molecule has 3 heteroatoms. The zero-order valence-electron chi connectivity index (χ0n) is 13.4.